The van der Waals surface area contributed by atoms with E-state index in [-0.39, 0.29) is 5.97 Å². The van der Waals surface area contributed by atoms with Gasteiger partial charge in [0, 0.05) is 5.57 Å². The van der Waals surface area contributed by atoms with E-state index in [1.165, 1.54) is 20.0 Å². The maximum absolute atomic E-state index is 10.2. The lowest BCUT2D eigenvalue weighted by molar-refractivity contribution is -0.136. The van der Waals surface area contributed by atoms with Crippen LogP contribution < -0.4 is 0 Å². The van der Waals surface area contributed by atoms with Gasteiger partial charge in [-0.2, -0.15) is 12.6 Å². The molecule has 0 saturated heterocycles. The Morgan fingerprint density at radius 3 is 2.08 bits per heavy atom. The molecule has 0 aliphatic carbocycles. The third-order valence-electron chi connectivity index (χ3n) is 1.05. The molecule has 0 unspecified atom stereocenters. The predicted molar refractivity (Wildman–Crippen MR) is 55.6 cm³/mol. The Kier molecular flexibility index (Phi) is 12.4. The fourth-order valence-corrected chi connectivity index (χ4v) is 0.649. The summed E-state index contributed by atoms with van der Waals surface area (Å²) in [4.78, 5) is 10.2. The van der Waals surface area contributed by atoms with Crippen molar-refractivity contribution in [1.82, 2.24) is 0 Å². The van der Waals surface area contributed by atoms with Crippen LogP contribution in [-0.2, 0) is 9.53 Å². The highest BCUT2D eigenvalue weighted by Gasteiger charge is 1.95. The third-order valence-corrected chi connectivity index (χ3v) is 1.36. The maximum atomic E-state index is 10.2. The Hall–Kier alpha value is -0.440. The van der Waals surface area contributed by atoms with Gasteiger partial charge in [0.1, 0.15) is 0 Å². The minimum absolute atomic E-state index is 0.347. The van der Waals surface area contributed by atoms with E-state index in [0.717, 1.165) is 5.75 Å². The van der Waals surface area contributed by atoms with Gasteiger partial charge in [-0.1, -0.05) is 19.9 Å². The Morgan fingerprint density at radius 2 is 2.08 bits per heavy atom. The van der Waals surface area contributed by atoms with Crippen LogP contribution in [0, 0.1) is 0 Å². The average Bonchev–Trinajstić information content (AvgIpc) is 2.05. The second-order valence-electron chi connectivity index (χ2n) is 2.35. The quantitative estimate of drug-likeness (QED) is 0.420. The summed E-state index contributed by atoms with van der Waals surface area (Å²) in [6, 6.07) is 0. The van der Waals surface area contributed by atoms with Crippen molar-refractivity contribution in [3.8, 4) is 0 Å². The molecule has 0 N–H and O–H groups in total. The zero-order chi connectivity index (χ0) is 9.98. The van der Waals surface area contributed by atoms with E-state index in [4.69, 9.17) is 0 Å². The molecule has 0 aromatic heterocycles. The van der Waals surface area contributed by atoms with Gasteiger partial charge < -0.3 is 4.74 Å². The standard InChI is InChI=1S/C5H8O2.C4H10S/c1-4(2)5(6)7-3;1-2-3-4-5/h1H2,2-3H3;5H,2-4H2,1H3. The number of unbranched alkanes of at least 4 members (excludes halogenated alkanes) is 1. The Morgan fingerprint density at radius 1 is 1.58 bits per heavy atom. The highest BCUT2D eigenvalue weighted by Crippen LogP contribution is 1.87. The highest BCUT2D eigenvalue weighted by atomic mass is 32.1. The van der Waals surface area contributed by atoms with Crippen LogP contribution in [0.4, 0.5) is 0 Å². The van der Waals surface area contributed by atoms with E-state index in [9.17, 15) is 4.79 Å². The first-order valence-corrected chi connectivity index (χ1v) is 4.58. The van der Waals surface area contributed by atoms with Crippen molar-refractivity contribution in [1.29, 1.82) is 0 Å². The molecule has 0 saturated carbocycles. The van der Waals surface area contributed by atoms with Crippen LogP contribution in [0.2, 0.25) is 0 Å². The van der Waals surface area contributed by atoms with E-state index in [2.05, 4.69) is 30.9 Å². The van der Waals surface area contributed by atoms with Gasteiger partial charge in [-0.15, -0.1) is 0 Å². The SMILES string of the molecule is C=C(C)C(=O)OC.CCCCS. The molecule has 3 heteroatoms. The minimum Gasteiger partial charge on any atom is -0.466 e. The largest absolute Gasteiger partial charge is 0.466 e. The van der Waals surface area contributed by atoms with E-state index >= 15 is 0 Å². The second kappa shape index (κ2) is 10.6. The lowest BCUT2D eigenvalue weighted by atomic mass is 10.4. The Labute approximate surface area is 80.4 Å². The number of hydrogen-bond donors (Lipinski definition) is 1. The van der Waals surface area contributed by atoms with Crippen LogP contribution in [0.25, 0.3) is 0 Å². The van der Waals surface area contributed by atoms with Crippen molar-refractivity contribution in [2.75, 3.05) is 12.9 Å². The molecule has 0 rings (SSSR count). The fourth-order valence-electron chi connectivity index (χ4n) is 0.332. The molecular formula is C9H18O2S. The molecular weight excluding hydrogens is 172 g/mol. The van der Waals surface area contributed by atoms with Crippen LogP contribution in [0.3, 0.4) is 0 Å². The number of hydrogen-bond acceptors (Lipinski definition) is 3. The maximum Gasteiger partial charge on any atom is 0.332 e. The van der Waals surface area contributed by atoms with Gasteiger partial charge in [0.25, 0.3) is 0 Å². The van der Waals surface area contributed by atoms with Gasteiger partial charge in [-0.25, -0.2) is 4.79 Å². The van der Waals surface area contributed by atoms with Gasteiger partial charge in [-0.3, -0.25) is 0 Å². The first-order valence-electron chi connectivity index (χ1n) is 3.94. The monoisotopic (exact) mass is 190 g/mol. The van der Waals surface area contributed by atoms with Crippen molar-refractivity contribution >= 4 is 18.6 Å². The molecule has 0 aliphatic rings. The summed E-state index contributed by atoms with van der Waals surface area (Å²) in [6.45, 7) is 7.12. The number of thiol groups is 1. The lowest BCUT2D eigenvalue weighted by Crippen LogP contribution is -1.98. The van der Waals surface area contributed by atoms with Gasteiger partial charge in [-0.05, 0) is 19.1 Å². The van der Waals surface area contributed by atoms with E-state index in [1.807, 2.05) is 0 Å². The molecule has 0 aromatic rings. The molecule has 12 heavy (non-hydrogen) atoms. The highest BCUT2D eigenvalue weighted by molar-refractivity contribution is 7.80. The molecule has 0 radical (unpaired) electrons. The minimum atomic E-state index is -0.347. The van der Waals surface area contributed by atoms with E-state index in [0.29, 0.717) is 5.57 Å². The molecule has 0 atom stereocenters. The molecule has 0 heterocycles. The summed E-state index contributed by atoms with van der Waals surface area (Å²) in [5, 5.41) is 0. The first-order chi connectivity index (χ1) is 5.59. The number of ether oxygens (including phenoxy) is 1. The predicted octanol–water partition coefficient (Wildman–Crippen LogP) is 2.45. The number of methoxy groups -OCH3 is 1. The zero-order valence-corrected chi connectivity index (χ0v) is 8.99. The molecule has 72 valence electrons. The smallest absolute Gasteiger partial charge is 0.332 e. The topological polar surface area (TPSA) is 26.3 Å². The van der Waals surface area contributed by atoms with Crippen molar-refractivity contribution in [3.63, 3.8) is 0 Å². The number of rotatable bonds is 3. The van der Waals surface area contributed by atoms with Gasteiger partial charge >= 0.3 is 5.97 Å². The molecule has 0 fully saturated rings. The molecule has 0 amide bonds. The van der Waals surface area contributed by atoms with E-state index in [1.54, 1.807) is 6.92 Å². The van der Waals surface area contributed by atoms with Crippen LogP contribution in [0.15, 0.2) is 12.2 Å². The van der Waals surface area contributed by atoms with Gasteiger partial charge in [0.05, 0.1) is 7.11 Å². The summed E-state index contributed by atoms with van der Waals surface area (Å²) >= 11 is 4.00. The summed E-state index contributed by atoms with van der Waals surface area (Å²) in [5.41, 5.74) is 0.433. The summed E-state index contributed by atoms with van der Waals surface area (Å²) in [6.07, 6.45) is 2.52. The van der Waals surface area contributed by atoms with Crippen LogP contribution in [0.1, 0.15) is 26.7 Å². The molecule has 0 aromatic carbocycles. The summed E-state index contributed by atoms with van der Waals surface area (Å²) in [5.74, 6) is 0.691. The summed E-state index contributed by atoms with van der Waals surface area (Å²) in [7, 11) is 1.33. The second-order valence-corrected chi connectivity index (χ2v) is 2.80. The van der Waals surface area contributed by atoms with E-state index < -0.39 is 0 Å². The molecule has 0 aliphatic heterocycles. The third kappa shape index (κ3) is 12.3. The van der Waals surface area contributed by atoms with Crippen molar-refractivity contribution in [3.05, 3.63) is 12.2 Å². The number of carbonyl (C=O) groups excluding carboxylic acids is 1. The zero-order valence-electron chi connectivity index (χ0n) is 8.09. The molecule has 0 spiro atoms. The average molecular weight is 190 g/mol. The van der Waals surface area contributed by atoms with Crippen LogP contribution in [-0.4, -0.2) is 18.8 Å². The fraction of sp³-hybridized carbons (Fsp3) is 0.667. The first kappa shape index (κ1) is 14.1. The van der Waals surface area contributed by atoms with Crippen molar-refractivity contribution < 1.29 is 9.53 Å². The van der Waals surface area contributed by atoms with Crippen molar-refractivity contribution in [2.24, 2.45) is 0 Å². The van der Waals surface area contributed by atoms with Crippen molar-refractivity contribution in [2.45, 2.75) is 26.7 Å². The molecule has 0 bridgehead atoms. The van der Waals surface area contributed by atoms with Crippen LogP contribution in [0.5, 0.6) is 0 Å². The summed E-state index contributed by atoms with van der Waals surface area (Å²) < 4.78 is 4.27. The normalized spacial score (nSPS) is 8.00. The Bertz CT molecular complexity index is 130. The molecule has 2 nitrogen and oxygen atoms in total. The van der Waals surface area contributed by atoms with Gasteiger partial charge in [0.2, 0.25) is 0 Å². The number of esters is 1. The van der Waals surface area contributed by atoms with Gasteiger partial charge in [0.15, 0.2) is 0 Å². The van der Waals surface area contributed by atoms with Crippen LogP contribution >= 0.6 is 12.6 Å². The number of carbonyl (C=O) groups is 1. The lowest BCUT2D eigenvalue weighted by Gasteiger charge is -1.91. The Balaban J connectivity index is 0.